The van der Waals surface area contributed by atoms with Gasteiger partial charge in [0, 0.05) is 24.8 Å². The largest absolute Gasteiger partial charge is 0.351 e. The number of rotatable bonds is 6. The lowest BCUT2D eigenvalue weighted by atomic mass is 10.1. The number of nitrogens with one attached hydrogen (secondary N) is 3. The maximum absolute atomic E-state index is 12.3. The van der Waals surface area contributed by atoms with Crippen LogP contribution in [0.15, 0.2) is 47.3 Å². The Morgan fingerprint density at radius 1 is 0.962 bits per heavy atom. The van der Waals surface area contributed by atoms with Gasteiger partial charge < -0.3 is 15.6 Å². The average Bonchev–Trinajstić information content (AvgIpc) is 2.94. The van der Waals surface area contributed by atoms with Crippen molar-refractivity contribution in [2.24, 2.45) is 0 Å². The van der Waals surface area contributed by atoms with Crippen LogP contribution >= 0.6 is 0 Å². The molecule has 26 heavy (non-hydrogen) atoms. The number of H-pyrrole nitrogens is 1. The number of hydrogen-bond donors (Lipinski definition) is 3. The molecule has 0 atom stereocenters. The first-order chi connectivity index (χ1) is 12.7. The van der Waals surface area contributed by atoms with Crippen LogP contribution < -0.4 is 16.2 Å². The minimum atomic E-state index is -0.361. The van der Waals surface area contributed by atoms with Crippen molar-refractivity contribution in [2.75, 3.05) is 13.1 Å². The minimum Gasteiger partial charge on any atom is -0.351 e. The van der Waals surface area contributed by atoms with Gasteiger partial charge in [-0.15, -0.1) is 0 Å². The summed E-state index contributed by atoms with van der Waals surface area (Å²) < 4.78 is 0. The van der Waals surface area contributed by atoms with Crippen LogP contribution in [0.25, 0.3) is 11.3 Å². The van der Waals surface area contributed by atoms with Crippen LogP contribution in [0.2, 0.25) is 0 Å². The second-order valence-electron chi connectivity index (χ2n) is 6.88. The molecule has 5 nitrogen and oxygen atoms in total. The van der Waals surface area contributed by atoms with Crippen molar-refractivity contribution in [1.82, 2.24) is 15.6 Å². The monoisotopic (exact) mass is 353 g/mol. The second kappa shape index (κ2) is 9.34. The molecule has 1 aromatic carbocycles. The van der Waals surface area contributed by atoms with Gasteiger partial charge in [-0.05, 0) is 30.5 Å². The van der Waals surface area contributed by atoms with Crippen molar-refractivity contribution in [2.45, 2.75) is 44.6 Å². The number of benzene rings is 1. The van der Waals surface area contributed by atoms with Gasteiger partial charge in [0.15, 0.2) is 0 Å². The van der Waals surface area contributed by atoms with Gasteiger partial charge in [-0.1, -0.05) is 56.0 Å². The van der Waals surface area contributed by atoms with Crippen molar-refractivity contribution in [1.29, 1.82) is 0 Å². The minimum absolute atomic E-state index is 0.152. The van der Waals surface area contributed by atoms with Crippen LogP contribution in [0.4, 0.5) is 0 Å². The molecule has 1 saturated carbocycles. The van der Waals surface area contributed by atoms with E-state index in [1.807, 2.05) is 30.3 Å². The van der Waals surface area contributed by atoms with E-state index in [1.165, 1.54) is 38.5 Å². The van der Waals surface area contributed by atoms with Gasteiger partial charge in [0.2, 0.25) is 0 Å². The lowest BCUT2D eigenvalue weighted by molar-refractivity contribution is 0.0952. The molecule has 0 spiro atoms. The van der Waals surface area contributed by atoms with Crippen LogP contribution in [0.5, 0.6) is 0 Å². The molecule has 0 unspecified atom stereocenters. The lowest BCUT2D eigenvalue weighted by Crippen LogP contribution is -2.38. The Kier molecular flexibility index (Phi) is 6.61. The van der Waals surface area contributed by atoms with E-state index in [0.717, 1.165) is 12.1 Å². The molecule has 0 bridgehead atoms. The van der Waals surface area contributed by atoms with Gasteiger partial charge in [-0.3, -0.25) is 9.59 Å². The highest BCUT2D eigenvalue weighted by Gasteiger charge is 2.13. The Morgan fingerprint density at radius 2 is 1.69 bits per heavy atom. The van der Waals surface area contributed by atoms with Crippen molar-refractivity contribution < 1.29 is 4.79 Å². The molecule has 3 rings (SSSR count). The van der Waals surface area contributed by atoms with E-state index >= 15 is 0 Å². The first kappa shape index (κ1) is 18.4. The standard InChI is InChI=1S/C21H27N3O2/c25-20(23-15-14-22-17-10-6-1-2-7-11-17)18-12-13-19(24-21(18)26)16-8-4-3-5-9-16/h3-5,8-9,12-13,17,22H,1-2,6-7,10-11,14-15H2,(H,23,25)(H,24,26). The molecule has 0 radical (unpaired) electrons. The highest BCUT2D eigenvalue weighted by molar-refractivity contribution is 5.94. The molecule has 1 aliphatic carbocycles. The molecule has 1 fully saturated rings. The predicted octanol–water partition coefficient (Wildman–Crippen LogP) is 3.08. The predicted molar refractivity (Wildman–Crippen MR) is 104 cm³/mol. The van der Waals surface area contributed by atoms with Crippen LogP contribution in [-0.2, 0) is 0 Å². The van der Waals surface area contributed by atoms with Crippen LogP contribution in [-0.4, -0.2) is 30.0 Å². The van der Waals surface area contributed by atoms with E-state index in [-0.39, 0.29) is 17.0 Å². The topological polar surface area (TPSA) is 74.0 Å². The van der Waals surface area contributed by atoms with Crippen LogP contribution in [0.3, 0.4) is 0 Å². The number of aromatic amines is 1. The third-order valence-corrected chi connectivity index (χ3v) is 4.94. The molecule has 3 N–H and O–H groups in total. The first-order valence-corrected chi connectivity index (χ1v) is 9.54. The number of pyridine rings is 1. The average molecular weight is 353 g/mol. The maximum atomic E-state index is 12.3. The third kappa shape index (κ3) is 5.05. The second-order valence-corrected chi connectivity index (χ2v) is 6.88. The summed E-state index contributed by atoms with van der Waals surface area (Å²) in [5.74, 6) is -0.325. The molecule has 2 aromatic rings. The van der Waals surface area contributed by atoms with Gasteiger partial charge in [0.25, 0.3) is 11.5 Å². The van der Waals surface area contributed by atoms with E-state index in [9.17, 15) is 9.59 Å². The molecule has 5 heteroatoms. The van der Waals surface area contributed by atoms with Gasteiger partial charge >= 0.3 is 0 Å². The summed E-state index contributed by atoms with van der Waals surface area (Å²) in [6, 6.07) is 13.5. The quantitative estimate of drug-likeness (QED) is 0.552. The number of carbonyl (C=O) groups is 1. The Bertz CT molecular complexity index is 762. The normalized spacial score (nSPS) is 15.4. The number of carbonyl (C=O) groups excluding carboxylic acids is 1. The zero-order valence-corrected chi connectivity index (χ0v) is 15.1. The van der Waals surface area contributed by atoms with Crippen molar-refractivity contribution in [3.8, 4) is 11.3 Å². The van der Waals surface area contributed by atoms with E-state index < -0.39 is 0 Å². The fourth-order valence-corrected chi connectivity index (χ4v) is 3.47. The third-order valence-electron chi connectivity index (χ3n) is 4.94. The number of hydrogen-bond acceptors (Lipinski definition) is 3. The Balaban J connectivity index is 1.51. The molecule has 1 heterocycles. The van der Waals surface area contributed by atoms with Crippen LogP contribution in [0.1, 0.15) is 48.9 Å². The van der Waals surface area contributed by atoms with Crippen molar-refractivity contribution in [3.63, 3.8) is 0 Å². The maximum Gasteiger partial charge on any atom is 0.261 e. The number of amides is 1. The molecular formula is C21H27N3O2. The summed E-state index contributed by atoms with van der Waals surface area (Å²) in [5.41, 5.74) is 1.42. The van der Waals surface area contributed by atoms with E-state index in [0.29, 0.717) is 18.3 Å². The summed E-state index contributed by atoms with van der Waals surface area (Å²) in [6.07, 6.45) is 7.66. The Labute approximate surface area is 154 Å². The first-order valence-electron chi connectivity index (χ1n) is 9.54. The molecular weight excluding hydrogens is 326 g/mol. The van der Waals surface area contributed by atoms with Crippen LogP contribution in [0, 0.1) is 0 Å². The summed E-state index contributed by atoms with van der Waals surface area (Å²) in [4.78, 5) is 27.3. The van der Waals surface area contributed by atoms with Gasteiger partial charge in [-0.25, -0.2) is 0 Å². The van der Waals surface area contributed by atoms with E-state index in [4.69, 9.17) is 0 Å². The summed E-state index contributed by atoms with van der Waals surface area (Å²) in [6.45, 7) is 1.26. The SMILES string of the molecule is O=C(NCCNC1CCCCCC1)c1ccc(-c2ccccc2)[nH]c1=O. The molecule has 1 aromatic heterocycles. The van der Waals surface area contributed by atoms with Gasteiger partial charge in [0.05, 0.1) is 0 Å². The molecule has 1 amide bonds. The fraction of sp³-hybridized carbons (Fsp3) is 0.429. The Hall–Kier alpha value is -2.40. The number of aromatic nitrogens is 1. The summed E-state index contributed by atoms with van der Waals surface area (Å²) in [5, 5.41) is 6.35. The smallest absolute Gasteiger partial charge is 0.261 e. The fourth-order valence-electron chi connectivity index (χ4n) is 3.47. The molecule has 0 aliphatic heterocycles. The summed E-state index contributed by atoms with van der Waals surface area (Å²) in [7, 11) is 0. The highest BCUT2D eigenvalue weighted by Crippen LogP contribution is 2.17. The van der Waals surface area contributed by atoms with Crippen molar-refractivity contribution >= 4 is 5.91 Å². The zero-order valence-electron chi connectivity index (χ0n) is 15.1. The van der Waals surface area contributed by atoms with E-state index in [1.54, 1.807) is 12.1 Å². The zero-order chi connectivity index (χ0) is 18.2. The van der Waals surface area contributed by atoms with Gasteiger partial charge in [-0.2, -0.15) is 0 Å². The molecule has 1 aliphatic rings. The van der Waals surface area contributed by atoms with Gasteiger partial charge in [0.1, 0.15) is 5.56 Å². The summed E-state index contributed by atoms with van der Waals surface area (Å²) >= 11 is 0. The Morgan fingerprint density at radius 3 is 2.38 bits per heavy atom. The molecule has 0 saturated heterocycles. The lowest BCUT2D eigenvalue weighted by Gasteiger charge is -2.16. The van der Waals surface area contributed by atoms with E-state index in [2.05, 4.69) is 15.6 Å². The highest BCUT2D eigenvalue weighted by atomic mass is 16.2. The molecule has 138 valence electrons. The van der Waals surface area contributed by atoms with Crippen molar-refractivity contribution in [3.05, 3.63) is 58.4 Å².